The van der Waals surface area contributed by atoms with Crippen molar-refractivity contribution in [1.82, 2.24) is 4.31 Å². The van der Waals surface area contributed by atoms with Gasteiger partial charge in [-0.1, -0.05) is 12.1 Å². The summed E-state index contributed by atoms with van der Waals surface area (Å²) in [7, 11) is -3.39. The summed E-state index contributed by atoms with van der Waals surface area (Å²) in [5, 5.41) is 0. The van der Waals surface area contributed by atoms with E-state index in [1.807, 2.05) is 12.1 Å². The molecule has 5 aliphatic rings. The van der Waals surface area contributed by atoms with Crippen LogP contribution in [0, 0.1) is 17.8 Å². The smallest absolute Gasteiger partial charge is 0.329 e. The second kappa shape index (κ2) is 6.56. The van der Waals surface area contributed by atoms with Crippen molar-refractivity contribution in [3.8, 4) is 5.75 Å². The maximum atomic E-state index is 12.6. The molecular weight excluding hydrogens is 374 g/mol. The van der Waals surface area contributed by atoms with Crippen molar-refractivity contribution in [1.29, 1.82) is 0 Å². The number of benzene rings is 1. The van der Waals surface area contributed by atoms with Gasteiger partial charge in [-0.15, -0.1) is 0 Å². The summed E-state index contributed by atoms with van der Waals surface area (Å²) in [6.45, 7) is 0.392. The molecule has 4 saturated carbocycles. The molecule has 0 amide bonds. The number of rotatable bonds is 4. The molecule has 0 aromatic heterocycles. The van der Waals surface area contributed by atoms with Gasteiger partial charge in [-0.25, -0.2) is 13.2 Å². The molecule has 0 radical (unpaired) electrons. The van der Waals surface area contributed by atoms with E-state index in [4.69, 9.17) is 4.74 Å². The van der Waals surface area contributed by atoms with Gasteiger partial charge >= 0.3 is 5.97 Å². The Bertz CT molecular complexity index is 841. The van der Waals surface area contributed by atoms with E-state index in [1.54, 1.807) is 0 Å². The monoisotopic (exact) mass is 403 g/mol. The highest BCUT2D eigenvalue weighted by molar-refractivity contribution is 7.88. The lowest BCUT2D eigenvalue weighted by Crippen LogP contribution is -2.48. The fourth-order valence-electron chi connectivity index (χ4n) is 6.90. The van der Waals surface area contributed by atoms with Crippen LogP contribution in [-0.4, -0.2) is 37.5 Å². The summed E-state index contributed by atoms with van der Waals surface area (Å²) >= 11 is 0. The summed E-state index contributed by atoms with van der Waals surface area (Å²) in [5.41, 5.74) is 1.72. The number of carbonyl (C=O) groups is 1. The summed E-state index contributed by atoms with van der Waals surface area (Å²) in [6, 6.07) is 7.37. The van der Waals surface area contributed by atoms with Crippen LogP contribution in [0.15, 0.2) is 24.3 Å². The molecule has 0 spiro atoms. The van der Waals surface area contributed by atoms with Crippen molar-refractivity contribution in [2.75, 3.05) is 12.8 Å². The third-order valence-electron chi connectivity index (χ3n) is 7.63. The Morgan fingerprint density at radius 3 is 2.14 bits per heavy atom. The summed E-state index contributed by atoms with van der Waals surface area (Å²) in [4.78, 5) is 12.6. The minimum atomic E-state index is -3.39. The number of hydrogen-bond donors (Lipinski definition) is 0. The zero-order valence-electron chi connectivity index (χ0n) is 16.5. The highest BCUT2D eigenvalue weighted by Crippen LogP contribution is 2.60. The first-order valence-electron chi connectivity index (χ1n) is 10.6. The van der Waals surface area contributed by atoms with Crippen LogP contribution < -0.4 is 4.74 Å². The van der Waals surface area contributed by atoms with Gasteiger partial charge in [0.15, 0.2) is 0 Å². The second-order valence-corrected chi connectivity index (χ2v) is 11.6. The molecule has 1 aromatic rings. The molecule has 152 valence electrons. The Hall–Kier alpha value is -1.40. The molecule has 5 fully saturated rings. The van der Waals surface area contributed by atoms with Crippen molar-refractivity contribution >= 4 is 16.0 Å². The van der Waals surface area contributed by atoms with Gasteiger partial charge in [0.2, 0.25) is 10.0 Å². The average molecular weight is 404 g/mol. The Morgan fingerprint density at radius 1 is 1.04 bits per heavy atom. The average Bonchev–Trinajstić information content (AvgIpc) is 3.11. The van der Waals surface area contributed by atoms with Crippen LogP contribution in [0.3, 0.4) is 0 Å². The zero-order chi connectivity index (χ0) is 19.5. The summed E-state index contributed by atoms with van der Waals surface area (Å²) in [6.07, 6.45) is 10.6. The van der Waals surface area contributed by atoms with Crippen molar-refractivity contribution in [2.24, 2.45) is 17.8 Å². The molecule has 1 atom stereocenters. The number of ether oxygens (including phenoxy) is 1. The van der Waals surface area contributed by atoms with E-state index in [1.165, 1.54) is 48.4 Å². The number of hydrogen-bond acceptors (Lipinski definition) is 4. The first-order valence-corrected chi connectivity index (χ1v) is 12.5. The van der Waals surface area contributed by atoms with Crippen LogP contribution in [-0.2, 0) is 20.2 Å². The van der Waals surface area contributed by atoms with Gasteiger partial charge in [0, 0.05) is 6.54 Å². The first-order chi connectivity index (χ1) is 13.3. The van der Waals surface area contributed by atoms with E-state index in [0.717, 1.165) is 24.0 Å². The van der Waals surface area contributed by atoms with Crippen molar-refractivity contribution in [3.63, 3.8) is 0 Å². The number of esters is 1. The molecule has 1 aliphatic heterocycles. The molecule has 1 unspecified atom stereocenters. The quantitative estimate of drug-likeness (QED) is 0.570. The fraction of sp³-hybridized carbons (Fsp3) is 0.682. The van der Waals surface area contributed by atoms with Crippen molar-refractivity contribution in [2.45, 2.75) is 62.8 Å². The normalized spacial score (nSPS) is 37.3. The van der Waals surface area contributed by atoms with Gasteiger partial charge in [-0.3, -0.25) is 0 Å². The molecule has 6 heteroatoms. The Morgan fingerprint density at radius 2 is 1.61 bits per heavy atom. The maximum Gasteiger partial charge on any atom is 0.329 e. The van der Waals surface area contributed by atoms with E-state index in [-0.39, 0.29) is 0 Å². The van der Waals surface area contributed by atoms with Gasteiger partial charge in [0.1, 0.15) is 11.8 Å². The van der Waals surface area contributed by atoms with Crippen molar-refractivity contribution in [3.05, 3.63) is 29.8 Å². The number of sulfonamides is 1. The van der Waals surface area contributed by atoms with E-state index < -0.39 is 22.0 Å². The lowest BCUT2D eigenvalue weighted by molar-refractivity contribution is -0.137. The standard InChI is InChI=1S/C22H29NO4S/c1-28(25,26)23-8-2-3-20(23)21(24)27-19-6-4-18(5-7-19)22-12-15-9-16(13-22)11-17(10-15)14-22/h4-7,15-17,20H,2-3,8-14H2,1H3. The van der Waals surface area contributed by atoms with Gasteiger partial charge in [0.25, 0.3) is 0 Å². The predicted octanol–water partition coefficient (Wildman–Crippen LogP) is 3.48. The highest BCUT2D eigenvalue weighted by atomic mass is 32.2. The van der Waals surface area contributed by atoms with Crippen LogP contribution in [0.2, 0.25) is 0 Å². The van der Waals surface area contributed by atoms with Crippen LogP contribution in [0.25, 0.3) is 0 Å². The minimum Gasteiger partial charge on any atom is -0.425 e. The lowest BCUT2D eigenvalue weighted by Gasteiger charge is -2.57. The predicted molar refractivity (Wildman–Crippen MR) is 106 cm³/mol. The Kier molecular flexibility index (Phi) is 4.36. The topological polar surface area (TPSA) is 63.7 Å². The molecule has 1 saturated heterocycles. The van der Waals surface area contributed by atoms with Crippen LogP contribution in [0.5, 0.6) is 5.75 Å². The molecule has 4 bridgehead atoms. The van der Waals surface area contributed by atoms with Gasteiger partial charge < -0.3 is 4.74 Å². The van der Waals surface area contributed by atoms with E-state index >= 15 is 0 Å². The third kappa shape index (κ3) is 3.18. The molecule has 1 heterocycles. The largest absolute Gasteiger partial charge is 0.425 e. The fourth-order valence-corrected chi connectivity index (χ4v) is 8.01. The minimum absolute atomic E-state index is 0.329. The molecular formula is C22H29NO4S. The molecule has 6 rings (SSSR count). The Balaban J connectivity index is 1.30. The van der Waals surface area contributed by atoms with Crippen molar-refractivity contribution < 1.29 is 17.9 Å². The highest BCUT2D eigenvalue weighted by Gasteiger charge is 2.51. The van der Waals surface area contributed by atoms with Gasteiger partial charge in [0.05, 0.1) is 6.26 Å². The third-order valence-corrected chi connectivity index (χ3v) is 8.91. The van der Waals surface area contributed by atoms with E-state index in [2.05, 4.69) is 12.1 Å². The van der Waals surface area contributed by atoms with Gasteiger partial charge in [-0.2, -0.15) is 4.31 Å². The summed E-state index contributed by atoms with van der Waals surface area (Å²) in [5.74, 6) is 2.73. The SMILES string of the molecule is CS(=O)(=O)N1CCCC1C(=O)Oc1ccc(C23CC4CC(CC(C4)C2)C3)cc1. The number of carbonyl (C=O) groups excluding carboxylic acids is 1. The van der Waals surface area contributed by atoms with Crippen LogP contribution in [0.1, 0.15) is 56.9 Å². The maximum absolute atomic E-state index is 12.6. The number of nitrogens with zero attached hydrogens (tertiary/aromatic N) is 1. The Labute approximate surface area is 167 Å². The molecule has 5 nitrogen and oxygen atoms in total. The molecule has 1 aromatic carbocycles. The lowest BCUT2D eigenvalue weighted by atomic mass is 9.48. The summed E-state index contributed by atoms with van der Waals surface area (Å²) < 4.78 is 30.6. The van der Waals surface area contributed by atoms with E-state index in [9.17, 15) is 13.2 Å². The van der Waals surface area contributed by atoms with Crippen LogP contribution in [0.4, 0.5) is 0 Å². The molecule has 28 heavy (non-hydrogen) atoms. The van der Waals surface area contributed by atoms with Crippen LogP contribution >= 0.6 is 0 Å². The zero-order valence-corrected chi connectivity index (χ0v) is 17.3. The molecule has 4 aliphatic carbocycles. The van der Waals surface area contributed by atoms with E-state index in [0.29, 0.717) is 30.6 Å². The first kappa shape index (κ1) is 18.6. The molecule has 0 N–H and O–H groups in total. The second-order valence-electron chi connectivity index (χ2n) is 9.68. The van der Waals surface area contributed by atoms with Gasteiger partial charge in [-0.05, 0) is 92.2 Å².